The highest BCUT2D eigenvalue weighted by Gasteiger charge is 2.21. The van der Waals surface area contributed by atoms with Gasteiger partial charge in [0, 0.05) is 42.1 Å². The van der Waals surface area contributed by atoms with Crippen molar-refractivity contribution in [1.29, 1.82) is 0 Å². The second-order valence-electron chi connectivity index (χ2n) is 6.34. The molecule has 0 spiro atoms. The zero-order valence-corrected chi connectivity index (χ0v) is 16.2. The highest BCUT2D eigenvalue weighted by Crippen LogP contribution is 2.25. The molecule has 144 valence electrons. The summed E-state index contributed by atoms with van der Waals surface area (Å²) < 4.78 is 5.47. The molecule has 27 heavy (non-hydrogen) atoms. The predicted molar refractivity (Wildman–Crippen MR) is 104 cm³/mol. The van der Waals surface area contributed by atoms with Gasteiger partial charge in [-0.05, 0) is 36.6 Å². The summed E-state index contributed by atoms with van der Waals surface area (Å²) in [4.78, 5) is 27.2. The van der Waals surface area contributed by atoms with Crippen LogP contribution >= 0.6 is 22.9 Å². The normalized spacial score (nSPS) is 13.9. The van der Waals surface area contributed by atoms with Gasteiger partial charge in [-0.3, -0.25) is 15.0 Å². The standard InChI is InChI=1S/C18H20ClN3O4S/c19-15-5-3-14(4-6-15)11-20(12-16-7-8-17(27-16)22(24)25)13-26-18(23)21-9-1-2-10-21/h3-8H,1-2,9-13H2. The number of thiophene rings is 1. The quantitative estimate of drug-likeness (QED) is 0.382. The van der Waals surface area contributed by atoms with Crippen LogP contribution in [0.25, 0.3) is 0 Å². The lowest BCUT2D eigenvalue weighted by molar-refractivity contribution is -0.380. The number of nitro groups is 1. The Balaban J connectivity index is 1.65. The summed E-state index contributed by atoms with van der Waals surface area (Å²) in [5.41, 5.74) is 1.02. The van der Waals surface area contributed by atoms with Crippen molar-refractivity contribution in [3.63, 3.8) is 0 Å². The molecule has 0 bridgehead atoms. The first-order valence-electron chi connectivity index (χ1n) is 8.63. The average molecular weight is 410 g/mol. The van der Waals surface area contributed by atoms with Gasteiger partial charge in [-0.2, -0.15) is 0 Å². The first kappa shape index (κ1) is 19.6. The molecule has 1 amide bonds. The van der Waals surface area contributed by atoms with Gasteiger partial charge in [0.2, 0.25) is 0 Å². The summed E-state index contributed by atoms with van der Waals surface area (Å²) in [6.07, 6.45) is 1.69. The smallest absolute Gasteiger partial charge is 0.411 e. The summed E-state index contributed by atoms with van der Waals surface area (Å²) in [5.74, 6) is 0. The molecular weight excluding hydrogens is 390 g/mol. The number of halogens is 1. The van der Waals surface area contributed by atoms with E-state index >= 15 is 0 Å². The molecule has 0 unspecified atom stereocenters. The Bertz CT molecular complexity index is 790. The average Bonchev–Trinajstić information content (AvgIpc) is 3.33. The molecule has 0 N–H and O–H groups in total. The zero-order chi connectivity index (χ0) is 19.2. The lowest BCUT2D eigenvalue weighted by Gasteiger charge is -2.23. The summed E-state index contributed by atoms with van der Waals surface area (Å²) >= 11 is 7.06. The summed E-state index contributed by atoms with van der Waals surface area (Å²) in [6.45, 7) is 2.56. The van der Waals surface area contributed by atoms with Gasteiger partial charge in [-0.1, -0.05) is 35.1 Å². The Morgan fingerprint density at radius 1 is 1.19 bits per heavy atom. The van der Waals surface area contributed by atoms with Crippen LogP contribution < -0.4 is 0 Å². The molecule has 1 aromatic heterocycles. The van der Waals surface area contributed by atoms with Crippen molar-refractivity contribution in [2.45, 2.75) is 25.9 Å². The third-order valence-corrected chi connectivity index (χ3v) is 5.53. The van der Waals surface area contributed by atoms with Crippen molar-refractivity contribution in [3.8, 4) is 0 Å². The molecule has 2 aromatic rings. The number of amides is 1. The minimum atomic E-state index is -0.398. The van der Waals surface area contributed by atoms with Gasteiger partial charge in [-0.15, -0.1) is 0 Å². The summed E-state index contributed by atoms with van der Waals surface area (Å²) in [7, 11) is 0. The van der Waals surface area contributed by atoms with E-state index in [1.165, 1.54) is 6.07 Å². The number of hydrogen-bond acceptors (Lipinski definition) is 6. The topological polar surface area (TPSA) is 75.9 Å². The molecule has 9 heteroatoms. The molecule has 0 radical (unpaired) electrons. The first-order valence-corrected chi connectivity index (χ1v) is 9.82. The minimum absolute atomic E-state index is 0.102. The van der Waals surface area contributed by atoms with Gasteiger partial charge in [0.15, 0.2) is 0 Å². The van der Waals surface area contributed by atoms with Crippen molar-refractivity contribution in [1.82, 2.24) is 9.80 Å². The van der Waals surface area contributed by atoms with Gasteiger partial charge in [0.25, 0.3) is 0 Å². The van der Waals surface area contributed by atoms with Crippen LogP contribution in [0, 0.1) is 10.1 Å². The fourth-order valence-electron chi connectivity index (χ4n) is 2.90. The lowest BCUT2D eigenvalue weighted by atomic mass is 10.2. The van der Waals surface area contributed by atoms with Crippen LogP contribution in [-0.2, 0) is 17.8 Å². The second kappa shape index (κ2) is 9.16. The van der Waals surface area contributed by atoms with E-state index in [4.69, 9.17) is 16.3 Å². The third kappa shape index (κ3) is 5.66. The van der Waals surface area contributed by atoms with E-state index in [-0.39, 0.29) is 17.8 Å². The van der Waals surface area contributed by atoms with Crippen LogP contribution in [0.15, 0.2) is 36.4 Å². The first-order chi connectivity index (χ1) is 13.0. The highest BCUT2D eigenvalue weighted by molar-refractivity contribution is 7.15. The van der Waals surface area contributed by atoms with Crippen molar-refractivity contribution < 1.29 is 14.5 Å². The van der Waals surface area contributed by atoms with Crippen LogP contribution in [0.4, 0.5) is 9.80 Å². The van der Waals surface area contributed by atoms with E-state index in [0.29, 0.717) is 18.1 Å². The van der Waals surface area contributed by atoms with Crippen molar-refractivity contribution in [2.24, 2.45) is 0 Å². The fourth-order valence-corrected chi connectivity index (χ4v) is 3.89. The Kier molecular flexibility index (Phi) is 6.65. The molecule has 2 heterocycles. The highest BCUT2D eigenvalue weighted by atomic mass is 35.5. The molecule has 1 aromatic carbocycles. The van der Waals surface area contributed by atoms with E-state index in [9.17, 15) is 14.9 Å². The largest absolute Gasteiger partial charge is 0.433 e. The molecular formula is C18H20ClN3O4S. The summed E-state index contributed by atoms with van der Waals surface area (Å²) in [6, 6.07) is 10.7. The van der Waals surface area contributed by atoms with Gasteiger partial charge in [0.05, 0.1) is 4.92 Å². The Morgan fingerprint density at radius 3 is 2.52 bits per heavy atom. The number of likely N-dealkylation sites (tertiary alicyclic amines) is 1. The number of nitrogens with zero attached hydrogens (tertiary/aromatic N) is 3. The van der Waals surface area contributed by atoms with Crippen LogP contribution in [0.3, 0.4) is 0 Å². The minimum Gasteiger partial charge on any atom is -0.433 e. The maximum atomic E-state index is 12.2. The van der Waals surface area contributed by atoms with Crippen LogP contribution in [0.2, 0.25) is 5.02 Å². The van der Waals surface area contributed by atoms with Crippen molar-refractivity contribution in [2.75, 3.05) is 19.8 Å². The van der Waals surface area contributed by atoms with E-state index < -0.39 is 4.92 Å². The predicted octanol–water partition coefficient (Wildman–Crippen LogP) is 4.50. The van der Waals surface area contributed by atoms with Crippen molar-refractivity contribution in [3.05, 3.63) is 62.0 Å². The third-order valence-electron chi connectivity index (χ3n) is 4.26. The van der Waals surface area contributed by atoms with Gasteiger partial charge in [-0.25, -0.2) is 4.79 Å². The molecule has 0 saturated carbocycles. The number of carbonyl (C=O) groups is 1. The number of rotatable bonds is 7. The second-order valence-corrected chi connectivity index (χ2v) is 7.93. The van der Waals surface area contributed by atoms with Crippen LogP contribution in [0.5, 0.6) is 0 Å². The fraction of sp³-hybridized carbons (Fsp3) is 0.389. The maximum Gasteiger partial charge on any atom is 0.411 e. The molecule has 1 fully saturated rings. The molecule has 1 saturated heterocycles. The molecule has 0 atom stereocenters. The monoisotopic (exact) mass is 409 g/mol. The number of hydrogen-bond donors (Lipinski definition) is 0. The van der Waals surface area contributed by atoms with E-state index in [0.717, 1.165) is 47.7 Å². The van der Waals surface area contributed by atoms with Crippen LogP contribution in [-0.4, -0.2) is 40.6 Å². The SMILES string of the molecule is O=C(OCN(Cc1ccc(Cl)cc1)Cc1ccc([N+](=O)[O-])s1)N1CCCC1. The molecule has 1 aliphatic heterocycles. The molecule has 3 rings (SSSR count). The van der Waals surface area contributed by atoms with E-state index in [2.05, 4.69) is 0 Å². The molecule has 1 aliphatic rings. The Labute approximate surface area is 166 Å². The van der Waals surface area contributed by atoms with Crippen molar-refractivity contribution >= 4 is 34.0 Å². The lowest BCUT2D eigenvalue weighted by Crippen LogP contribution is -2.33. The van der Waals surface area contributed by atoms with Gasteiger partial charge >= 0.3 is 11.1 Å². The number of carbonyl (C=O) groups excluding carboxylic acids is 1. The number of ether oxygens (including phenoxy) is 1. The van der Waals surface area contributed by atoms with Gasteiger partial charge in [0.1, 0.15) is 6.73 Å². The molecule has 7 nitrogen and oxygen atoms in total. The Morgan fingerprint density at radius 2 is 1.89 bits per heavy atom. The van der Waals surface area contributed by atoms with E-state index in [1.807, 2.05) is 17.0 Å². The Hall–Kier alpha value is -2.16. The summed E-state index contributed by atoms with van der Waals surface area (Å²) in [5, 5.41) is 11.7. The molecule has 0 aliphatic carbocycles. The van der Waals surface area contributed by atoms with Gasteiger partial charge < -0.3 is 9.64 Å². The maximum absolute atomic E-state index is 12.2. The van der Waals surface area contributed by atoms with Crippen LogP contribution in [0.1, 0.15) is 23.3 Å². The zero-order valence-electron chi connectivity index (χ0n) is 14.7. The van der Waals surface area contributed by atoms with E-state index in [1.54, 1.807) is 23.1 Å². The number of benzene rings is 1.